The summed E-state index contributed by atoms with van der Waals surface area (Å²) in [6, 6.07) is 12.3. The van der Waals surface area contributed by atoms with E-state index in [1.807, 2.05) is 12.1 Å². The molecule has 124 valence electrons. The van der Waals surface area contributed by atoms with Crippen molar-refractivity contribution in [3.05, 3.63) is 64.1 Å². The van der Waals surface area contributed by atoms with Gasteiger partial charge in [-0.1, -0.05) is 41.4 Å². The second-order valence-corrected chi connectivity index (χ2v) is 5.89. The van der Waals surface area contributed by atoms with Gasteiger partial charge in [0.05, 0.1) is 12.8 Å². The lowest BCUT2D eigenvalue weighted by Crippen LogP contribution is -2.32. The lowest BCUT2D eigenvalue weighted by Gasteiger charge is -2.11. The minimum Gasteiger partial charge on any atom is -0.495 e. The number of hydrogen-bond donors (Lipinski definition) is 2. The Kier molecular flexibility index (Phi) is 6.61. The van der Waals surface area contributed by atoms with E-state index in [4.69, 9.17) is 40.2 Å². The molecular weight excluding hydrogens is 367 g/mol. The summed E-state index contributed by atoms with van der Waals surface area (Å²) in [4.78, 5) is 11.9. The van der Waals surface area contributed by atoms with Gasteiger partial charge in [-0.2, -0.15) is 0 Å². The Balaban J connectivity index is 1.96. The molecule has 0 bridgehead atoms. The fourth-order valence-corrected chi connectivity index (χ4v) is 2.54. The highest BCUT2D eigenvalue weighted by Gasteiger charge is 2.06. The van der Waals surface area contributed by atoms with Gasteiger partial charge in [-0.05, 0) is 48.1 Å². The van der Waals surface area contributed by atoms with Crippen LogP contribution < -0.4 is 15.4 Å². The van der Waals surface area contributed by atoms with Crippen LogP contribution in [0.15, 0.2) is 48.5 Å². The van der Waals surface area contributed by atoms with E-state index in [2.05, 4.69) is 10.6 Å². The molecule has 0 aliphatic heterocycles. The summed E-state index contributed by atoms with van der Waals surface area (Å²) in [5.74, 6) is 0.242. The highest BCUT2D eigenvalue weighted by atomic mass is 35.5. The maximum atomic E-state index is 11.9. The summed E-state index contributed by atoms with van der Waals surface area (Å²) in [6.45, 7) is 0. The number of ether oxygens (including phenoxy) is 1. The van der Waals surface area contributed by atoms with Crippen LogP contribution in [0.2, 0.25) is 10.0 Å². The maximum absolute atomic E-state index is 11.9. The Morgan fingerprint density at radius 1 is 1.21 bits per heavy atom. The molecule has 0 fully saturated rings. The highest BCUT2D eigenvalue weighted by Crippen LogP contribution is 2.23. The van der Waals surface area contributed by atoms with Gasteiger partial charge in [-0.25, -0.2) is 0 Å². The van der Waals surface area contributed by atoms with Crippen LogP contribution in [0.5, 0.6) is 5.75 Å². The van der Waals surface area contributed by atoms with Crippen LogP contribution in [0, 0.1) is 0 Å². The zero-order chi connectivity index (χ0) is 17.5. The summed E-state index contributed by atoms with van der Waals surface area (Å²) in [7, 11) is 1.56. The number of rotatable bonds is 4. The summed E-state index contributed by atoms with van der Waals surface area (Å²) in [5.41, 5.74) is 1.34. The molecule has 1 amide bonds. The molecule has 0 aromatic heterocycles. The molecule has 0 aliphatic rings. The van der Waals surface area contributed by atoms with Crippen molar-refractivity contribution < 1.29 is 9.53 Å². The fraction of sp³-hybridized carbons (Fsp3) is 0.0588. The van der Waals surface area contributed by atoms with Crippen LogP contribution in [0.3, 0.4) is 0 Å². The summed E-state index contributed by atoms with van der Waals surface area (Å²) in [5, 5.41) is 6.61. The Hall–Kier alpha value is -2.08. The van der Waals surface area contributed by atoms with Gasteiger partial charge in [-0.15, -0.1) is 0 Å². The van der Waals surface area contributed by atoms with Crippen molar-refractivity contribution >= 4 is 58.2 Å². The molecule has 0 saturated heterocycles. The Labute approximate surface area is 155 Å². The Bertz CT molecular complexity index is 794. The van der Waals surface area contributed by atoms with Gasteiger partial charge in [-0.3, -0.25) is 10.1 Å². The zero-order valence-corrected chi connectivity index (χ0v) is 15.0. The van der Waals surface area contributed by atoms with Gasteiger partial charge in [0.2, 0.25) is 5.91 Å². The third-order valence-electron chi connectivity index (χ3n) is 2.97. The Morgan fingerprint density at radius 3 is 2.67 bits per heavy atom. The summed E-state index contributed by atoms with van der Waals surface area (Å²) < 4.78 is 5.21. The number of anilines is 1. The first-order chi connectivity index (χ1) is 11.5. The van der Waals surface area contributed by atoms with Crippen molar-refractivity contribution in [1.82, 2.24) is 5.32 Å². The van der Waals surface area contributed by atoms with Crippen molar-refractivity contribution in [2.75, 3.05) is 12.4 Å². The van der Waals surface area contributed by atoms with E-state index in [-0.39, 0.29) is 11.0 Å². The molecule has 0 aliphatic carbocycles. The highest BCUT2D eigenvalue weighted by molar-refractivity contribution is 7.80. The minimum absolute atomic E-state index is 0.163. The molecule has 0 radical (unpaired) electrons. The molecule has 2 N–H and O–H groups in total. The fourth-order valence-electron chi connectivity index (χ4n) is 1.86. The number of para-hydroxylation sites is 2. The summed E-state index contributed by atoms with van der Waals surface area (Å²) >= 11 is 17.0. The minimum atomic E-state index is -0.381. The van der Waals surface area contributed by atoms with Gasteiger partial charge in [0, 0.05) is 16.1 Å². The number of carbonyl (C=O) groups is 1. The van der Waals surface area contributed by atoms with E-state index < -0.39 is 0 Å². The molecule has 7 heteroatoms. The average molecular weight is 381 g/mol. The van der Waals surface area contributed by atoms with E-state index in [9.17, 15) is 4.79 Å². The van der Waals surface area contributed by atoms with Gasteiger partial charge in [0.15, 0.2) is 5.11 Å². The molecule has 2 rings (SSSR count). The largest absolute Gasteiger partial charge is 0.495 e. The number of thiocarbonyl (C=S) groups is 1. The molecule has 0 unspecified atom stereocenters. The number of benzene rings is 2. The number of methoxy groups -OCH3 is 1. The van der Waals surface area contributed by atoms with Crippen molar-refractivity contribution in [1.29, 1.82) is 0 Å². The first-order valence-electron chi connectivity index (χ1n) is 6.87. The smallest absolute Gasteiger partial charge is 0.250 e. The van der Waals surface area contributed by atoms with Crippen LogP contribution in [-0.2, 0) is 4.79 Å². The molecule has 0 atom stereocenters. The first-order valence-corrected chi connectivity index (χ1v) is 8.04. The predicted octanol–water partition coefficient (Wildman–Crippen LogP) is 4.53. The molecular formula is C17H14Cl2N2O2S. The van der Waals surface area contributed by atoms with E-state index in [1.165, 1.54) is 6.08 Å². The molecule has 2 aromatic rings. The Morgan fingerprint density at radius 2 is 1.96 bits per heavy atom. The van der Waals surface area contributed by atoms with E-state index >= 15 is 0 Å². The molecule has 0 spiro atoms. The standard InChI is InChI=1S/C17H14Cl2N2O2S/c1-23-15-5-3-2-4-14(15)20-17(24)21-16(22)9-7-11-6-8-12(18)10-13(11)19/h2-10H,1H3,(H2,20,21,22,24)/b9-7+. The van der Waals surface area contributed by atoms with Crippen molar-refractivity contribution in [3.8, 4) is 5.75 Å². The lowest BCUT2D eigenvalue weighted by molar-refractivity contribution is -0.115. The van der Waals surface area contributed by atoms with Crippen LogP contribution in [0.1, 0.15) is 5.56 Å². The quantitative estimate of drug-likeness (QED) is 0.604. The molecule has 0 heterocycles. The third-order valence-corrected chi connectivity index (χ3v) is 3.74. The second-order valence-electron chi connectivity index (χ2n) is 4.64. The topological polar surface area (TPSA) is 50.4 Å². The van der Waals surface area contributed by atoms with E-state index in [1.54, 1.807) is 43.5 Å². The van der Waals surface area contributed by atoms with Crippen LogP contribution >= 0.6 is 35.4 Å². The van der Waals surface area contributed by atoms with Crippen molar-refractivity contribution in [3.63, 3.8) is 0 Å². The number of halogens is 2. The lowest BCUT2D eigenvalue weighted by atomic mass is 10.2. The second kappa shape index (κ2) is 8.68. The van der Waals surface area contributed by atoms with Crippen molar-refractivity contribution in [2.45, 2.75) is 0 Å². The van der Waals surface area contributed by atoms with E-state index in [0.29, 0.717) is 27.0 Å². The summed E-state index contributed by atoms with van der Waals surface area (Å²) in [6.07, 6.45) is 2.92. The van der Waals surface area contributed by atoms with E-state index in [0.717, 1.165) is 0 Å². The van der Waals surface area contributed by atoms with Gasteiger partial charge < -0.3 is 10.1 Å². The molecule has 24 heavy (non-hydrogen) atoms. The van der Waals surface area contributed by atoms with Crippen LogP contribution in [0.25, 0.3) is 6.08 Å². The SMILES string of the molecule is COc1ccccc1NC(=S)NC(=O)/C=C/c1ccc(Cl)cc1Cl. The normalized spacial score (nSPS) is 10.5. The number of amides is 1. The van der Waals surface area contributed by atoms with Crippen LogP contribution in [-0.4, -0.2) is 18.1 Å². The van der Waals surface area contributed by atoms with Crippen LogP contribution in [0.4, 0.5) is 5.69 Å². The monoisotopic (exact) mass is 380 g/mol. The molecule has 4 nitrogen and oxygen atoms in total. The first kappa shape index (κ1) is 18.3. The molecule has 0 saturated carbocycles. The third kappa shape index (κ3) is 5.23. The molecule has 2 aromatic carbocycles. The van der Waals surface area contributed by atoms with Gasteiger partial charge in [0.1, 0.15) is 5.75 Å². The average Bonchev–Trinajstić information content (AvgIpc) is 2.54. The zero-order valence-electron chi connectivity index (χ0n) is 12.7. The maximum Gasteiger partial charge on any atom is 0.250 e. The predicted molar refractivity (Wildman–Crippen MR) is 103 cm³/mol. The van der Waals surface area contributed by atoms with Gasteiger partial charge in [0.25, 0.3) is 0 Å². The number of nitrogens with one attached hydrogen (secondary N) is 2. The van der Waals surface area contributed by atoms with Crippen molar-refractivity contribution in [2.24, 2.45) is 0 Å². The number of hydrogen-bond acceptors (Lipinski definition) is 3. The van der Waals surface area contributed by atoms with Gasteiger partial charge >= 0.3 is 0 Å². The number of carbonyl (C=O) groups excluding carboxylic acids is 1.